The van der Waals surface area contributed by atoms with Crippen LogP contribution < -0.4 is 35.0 Å². The summed E-state index contributed by atoms with van der Waals surface area (Å²) in [6.07, 6.45) is 0.285. The molecule has 0 aliphatic carbocycles. The molecule has 0 unspecified atom stereocenters. The summed E-state index contributed by atoms with van der Waals surface area (Å²) in [5, 5.41) is 20.7. The molecule has 46 heavy (non-hydrogen) atoms. The van der Waals surface area contributed by atoms with Crippen LogP contribution in [-0.2, 0) is 16.1 Å². The number of aliphatic hydroxyl groups excluding tert-OH is 1. The lowest BCUT2D eigenvalue weighted by molar-refractivity contribution is -0.136. The number of methoxy groups -OCH3 is 2. The average Bonchev–Trinajstić information content (AvgIpc) is 3.03. The van der Waals surface area contributed by atoms with Gasteiger partial charge in [0.05, 0.1) is 38.7 Å². The first-order chi connectivity index (χ1) is 22.1. The molecule has 2 atom stereocenters. The van der Waals surface area contributed by atoms with Crippen molar-refractivity contribution in [3.05, 3.63) is 92.1 Å². The summed E-state index contributed by atoms with van der Waals surface area (Å²) in [5.41, 5.74) is 5.23. The van der Waals surface area contributed by atoms with Gasteiger partial charge in [-0.3, -0.25) is 5.43 Å². The monoisotopic (exact) mass is 716 g/mol. The van der Waals surface area contributed by atoms with E-state index in [4.69, 9.17) is 35.3 Å². The van der Waals surface area contributed by atoms with Crippen LogP contribution in [0.1, 0.15) is 36.6 Å². The molecular formula is C32H34BrClN4O8. The highest BCUT2D eigenvalue weighted by Gasteiger charge is 2.32. The molecule has 4 N–H and O–H groups in total. The van der Waals surface area contributed by atoms with E-state index in [1.54, 1.807) is 50.2 Å². The largest absolute Gasteiger partial charge is 0.493 e. The first kappa shape index (κ1) is 34.4. The molecule has 0 bridgehead atoms. The second-order valence-electron chi connectivity index (χ2n) is 9.82. The number of aliphatic hydroxyl groups is 1. The van der Waals surface area contributed by atoms with Crippen molar-refractivity contribution < 1.29 is 38.4 Å². The predicted octanol–water partition coefficient (Wildman–Crippen LogP) is 5.21. The molecule has 0 saturated carbocycles. The van der Waals surface area contributed by atoms with Crippen molar-refractivity contribution in [3.63, 3.8) is 0 Å². The molecule has 3 aromatic rings. The summed E-state index contributed by atoms with van der Waals surface area (Å²) in [6, 6.07) is 14.7. The van der Waals surface area contributed by atoms with Gasteiger partial charge in [-0.05, 0) is 49.7 Å². The molecule has 1 aliphatic heterocycles. The van der Waals surface area contributed by atoms with Gasteiger partial charge in [0.2, 0.25) is 0 Å². The summed E-state index contributed by atoms with van der Waals surface area (Å²) < 4.78 is 28.8. The fourth-order valence-electron chi connectivity index (χ4n) is 4.57. The normalized spacial score (nSPS) is 15.1. The number of esters is 1. The van der Waals surface area contributed by atoms with Crippen LogP contribution in [0.3, 0.4) is 0 Å². The Bertz CT molecular complexity index is 1630. The van der Waals surface area contributed by atoms with Crippen LogP contribution in [0.5, 0.6) is 23.0 Å². The molecule has 4 rings (SSSR count). The molecule has 244 valence electrons. The molecule has 3 aromatic carbocycles. The van der Waals surface area contributed by atoms with Gasteiger partial charge in [0.15, 0.2) is 29.2 Å². The van der Waals surface area contributed by atoms with Crippen LogP contribution in [0, 0.1) is 0 Å². The van der Waals surface area contributed by atoms with Gasteiger partial charge in [0.25, 0.3) is 0 Å². The van der Waals surface area contributed by atoms with E-state index >= 15 is 0 Å². The maximum atomic E-state index is 12.5. The minimum Gasteiger partial charge on any atom is -0.493 e. The Balaban J connectivity index is 1.45. The molecule has 0 fully saturated rings. The quantitative estimate of drug-likeness (QED) is 0.0764. The second-order valence-corrected chi connectivity index (χ2v) is 11.1. The lowest BCUT2D eigenvalue weighted by atomic mass is 9.95. The van der Waals surface area contributed by atoms with Crippen LogP contribution >= 0.6 is 27.5 Å². The number of carbonyl (C=O) groups excluding carboxylic acids is 2. The Kier molecular flexibility index (Phi) is 12.1. The topological polar surface area (TPSA) is 149 Å². The van der Waals surface area contributed by atoms with Crippen molar-refractivity contribution in [1.82, 2.24) is 16.1 Å². The highest BCUT2D eigenvalue weighted by Crippen LogP contribution is 2.36. The zero-order valence-electron chi connectivity index (χ0n) is 25.6. The van der Waals surface area contributed by atoms with Gasteiger partial charge in [-0.2, -0.15) is 5.10 Å². The Labute approximate surface area is 279 Å². The minimum atomic E-state index is -1.20. The number of rotatable bonds is 14. The summed E-state index contributed by atoms with van der Waals surface area (Å²) in [7, 11) is 2.80. The minimum absolute atomic E-state index is 0.190. The molecule has 0 radical (unpaired) electrons. The summed E-state index contributed by atoms with van der Waals surface area (Å²) in [4.78, 5) is 24.7. The molecule has 14 heteroatoms. The molecule has 12 nitrogen and oxygen atoms in total. The zero-order chi connectivity index (χ0) is 33.2. The molecule has 0 saturated heterocycles. The second kappa shape index (κ2) is 16.2. The van der Waals surface area contributed by atoms with E-state index in [9.17, 15) is 14.7 Å². The van der Waals surface area contributed by atoms with Crippen molar-refractivity contribution in [2.45, 2.75) is 32.7 Å². The Hall–Kier alpha value is -4.46. The van der Waals surface area contributed by atoms with Gasteiger partial charge in [-0.1, -0.05) is 51.8 Å². The van der Waals surface area contributed by atoms with Gasteiger partial charge < -0.3 is 39.4 Å². The van der Waals surface area contributed by atoms with Gasteiger partial charge in [0, 0.05) is 26.3 Å². The Morgan fingerprint density at radius 3 is 2.61 bits per heavy atom. The first-order valence-corrected chi connectivity index (χ1v) is 15.3. The molecule has 1 aliphatic rings. The number of hydrazone groups is 1. The van der Waals surface area contributed by atoms with Crippen LogP contribution in [0.4, 0.5) is 4.79 Å². The SMILES string of the molecule is CCOc1cc([C@@H]2NC(=O)NC(C)=C2C(=O)OC)ccc1OC[C@@H](O)N/N=C/c1cc(Br)cc(OC)c1OCc1ccccc1Cl. The van der Waals surface area contributed by atoms with Gasteiger partial charge in [-0.25, -0.2) is 9.59 Å². The molecule has 0 aromatic heterocycles. The number of hydrogen-bond donors (Lipinski definition) is 4. The number of benzene rings is 3. The Morgan fingerprint density at radius 2 is 1.89 bits per heavy atom. The molecule has 0 spiro atoms. The van der Waals surface area contributed by atoms with Gasteiger partial charge >= 0.3 is 12.0 Å². The first-order valence-electron chi connectivity index (χ1n) is 14.1. The number of halogens is 2. The van der Waals surface area contributed by atoms with E-state index in [1.165, 1.54) is 20.4 Å². The van der Waals surface area contributed by atoms with E-state index in [0.29, 0.717) is 51.5 Å². The number of hydrogen-bond acceptors (Lipinski definition) is 10. The fourth-order valence-corrected chi connectivity index (χ4v) is 5.22. The lowest BCUT2D eigenvalue weighted by Gasteiger charge is -2.28. The average molecular weight is 718 g/mol. The number of nitrogens with one attached hydrogen (secondary N) is 3. The lowest BCUT2D eigenvalue weighted by Crippen LogP contribution is -2.45. The molecular weight excluding hydrogens is 684 g/mol. The van der Waals surface area contributed by atoms with Crippen molar-refractivity contribution in [1.29, 1.82) is 0 Å². The van der Waals surface area contributed by atoms with Gasteiger partial charge in [-0.15, -0.1) is 0 Å². The summed E-state index contributed by atoms with van der Waals surface area (Å²) in [5.74, 6) is 1.03. The third-order valence-corrected chi connectivity index (χ3v) is 7.52. The van der Waals surface area contributed by atoms with Gasteiger partial charge in [0.1, 0.15) is 13.2 Å². The van der Waals surface area contributed by atoms with Crippen LogP contribution in [0.2, 0.25) is 5.02 Å². The predicted molar refractivity (Wildman–Crippen MR) is 175 cm³/mol. The standard InChI is InChI=1S/C32H34BrClN4O8/c1-5-44-25-13-19(29-28(31(40)43-4)18(2)36-32(41)37-29)10-11-24(25)45-17-27(39)38-35-15-21-12-22(33)14-26(42-3)30(21)46-16-20-8-6-7-9-23(20)34/h6-15,27,29,38-39H,5,16-17H2,1-4H3,(H2,36,37,41)/b35-15+/t27-,29+/m1/s1. The number of nitrogens with zero attached hydrogens (tertiary/aromatic N) is 1. The fraction of sp³-hybridized carbons (Fsp3) is 0.281. The van der Waals surface area contributed by atoms with E-state index in [0.717, 1.165) is 10.0 Å². The highest BCUT2D eigenvalue weighted by atomic mass is 79.9. The summed E-state index contributed by atoms with van der Waals surface area (Å²) in [6.45, 7) is 3.76. The van der Waals surface area contributed by atoms with Crippen LogP contribution in [0.15, 0.2) is 75.4 Å². The smallest absolute Gasteiger partial charge is 0.337 e. The van der Waals surface area contributed by atoms with Crippen LogP contribution in [-0.4, -0.2) is 57.0 Å². The van der Waals surface area contributed by atoms with Crippen molar-refractivity contribution in [2.75, 3.05) is 27.4 Å². The van der Waals surface area contributed by atoms with E-state index in [1.807, 2.05) is 18.2 Å². The van der Waals surface area contributed by atoms with E-state index < -0.39 is 24.3 Å². The molecule has 2 amide bonds. The maximum absolute atomic E-state index is 12.5. The van der Waals surface area contributed by atoms with Crippen molar-refractivity contribution >= 4 is 45.7 Å². The third kappa shape index (κ3) is 8.62. The Morgan fingerprint density at radius 1 is 1.11 bits per heavy atom. The molecule has 1 heterocycles. The van der Waals surface area contributed by atoms with Crippen molar-refractivity contribution in [2.24, 2.45) is 5.10 Å². The number of ether oxygens (including phenoxy) is 5. The number of allylic oxidation sites excluding steroid dienone is 1. The zero-order valence-corrected chi connectivity index (χ0v) is 27.9. The van der Waals surface area contributed by atoms with E-state index in [-0.39, 0.29) is 18.8 Å². The van der Waals surface area contributed by atoms with Crippen molar-refractivity contribution in [3.8, 4) is 23.0 Å². The highest BCUT2D eigenvalue weighted by molar-refractivity contribution is 9.10. The third-order valence-electron chi connectivity index (χ3n) is 6.70. The maximum Gasteiger partial charge on any atom is 0.337 e. The van der Waals surface area contributed by atoms with E-state index in [2.05, 4.69) is 37.1 Å². The number of carbonyl (C=O) groups is 2. The number of amides is 2. The summed E-state index contributed by atoms with van der Waals surface area (Å²) >= 11 is 9.75. The number of urea groups is 1. The van der Waals surface area contributed by atoms with Crippen LogP contribution in [0.25, 0.3) is 0 Å².